The van der Waals surface area contributed by atoms with E-state index in [9.17, 15) is 0 Å². The number of anilines is 2. The van der Waals surface area contributed by atoms with Crippen LogP contribution in [0, 0.1) is 0 Å². The number of thioether (sulfide) groups is 2. The number of nitrogens with one attached hydrogen (secondary N) is 1. The third-order valence-corrected chi connectivity index (χ3v) is 6.67. The molecule has 0 radical (unpaired) electrons. The predicted molar refractivity (Wildman–Crippen MR) is 143 cm³/mol. The average molecular weight is 471 g/mol. The van der Waals surface area contributed by atoms with Gasteiger partial charge in [-0.1, -0.05) is 50.0 Å². The summed E-state index contributed by atoms with van der Waals surface area (Å²) in [5, 5.41) is 4.59. The minimum absolute atomic E-state index is 0.843. The zero-order valence-electron chi connectivity index (χ0n) is 19.9. The van der Waals surface area contributed by atoms with Crippen molar-refractivity contribution in [3.05, 3.63) is 71.1 Å². The van der Waals surface area contributed by atoms with Crippen molar-refractivity contribution < 1.29 is 9.47 Å². The van der Waals surface area contributed by atoms with Gasteiger partial charge in [-0.2, -0.15) is 0 Å². The molecule has 4 nitrogen and oxygen atoms in total. The van der Waals surface area contributed by atoms with E-state index in [-0.39, 0.29) is 0 Å². The Bertz CT molecular complexity index is 970. The largest absolute Gasteiger partial charge is 0.497 e. The lowest BCUT2D eigenvalue weighted by Gasteiger charge is -2.18. The van der Waals surface area contributed by atoms with Crippen LogP contribution in [-0.4, -0.2) is 27.3 Å². The van der Waals surface area contributed by atoms with Crippen LogP contribution in [-0.2, 0) is 0 Å². The monoisotopic (exact) mass is 470 g/mol. The third-order valence-electron chi connectivity index (χ3n) is 4.57. The molecule has 172 valence electrons. The summed E-state index contributed by atoms with van der Waals surface area (Å²) in [5.74, 6) is 1.72. The molecule has 0 bridgehead atoms. The van der Waals surface area contributed by atoms with Crippen LogP contribution in [0.1, 0.15) is 27.7 Å². The Kier molecular flexibility index (Phi) is 10.6. The van der Waals surface area contributed by atoms with Gasteiger partial charge in [-0.15, -0.1) is 0 Å². The van der Waals surface area contributed by atoms with Crippen molar-refractivity contribution in [3.8, 4) is 11.5 Å². The van der Waals surface area contributed by atoms with Crippen molar-refractivity contribution in [1.29, 1.82) is 0 Å². The Morgan fingerprint density at radius 1 is 1.09 bits per heavy atom. The van der Waals surface area contributed by atoms with Crippen LogP contribution >= 0.6 is 23.5 Å². The first kappa shape index (κ1) is 25.8. The average Bonchev–Trinajstić information content (AvgIpc) is 3.18. The van der Waals surface area contributed by atoms with Gasteiger partial charge in [0, 0.05) is 39.9 Å². The zero-order chi connectivity index (χ0) is 23.5. The summed E-state index contributed by atoms with van der Waals surface area (Å²) < 4.78 is 10.7. The Hall–Kier alpha value is -2.44. The highest BCUT2D eigenvalue weighted by molar-refractivity contribution is 8.03. The minimum atomic E-state index is 0.843. The highest BCUT2D eigenvalue weighted by atomic mass is 32.2. The first-order chi connectivity index (χ1) is 15.6. The number of rotatable bonds is 9. The van der Waals surface area contributed by atoms with Crippen molar-refractivity contribution in [2.75, 3.05) is 37.5 Å². The number of benzene rings is 2. The fraction of sp³-hybridized carbons (Fsp3) is 0.308. The van der Waals surface area contributed by atoms with Crippen LogP contribution in [0.2, 0.25) is 0 Å². The maximum atomic E-state index is 5.38. The summed E-state index contributed by atoms with van der Waals surface area (Å²) >= 11 is 3.42. The van der Waals surface area contributed by atoms with Crippen LogP contribution in [0.15, 0.2) is 80.9 Å². The van der Waals surface area contributed by atoms with E-state index in [1.807, 2.05) is 32.0 Å². The molecular formula is C26H34N2O2S2. The van der Waals surface area contributed by atoms with Crippen molar-refractivity contribution in [1.82, 2.24) is 0 Å². The summed E-state index contributed by atoms with van der Waals surface area (Å²) in [7, 11) is 3.38. The molecule has 2 aromatic rings. The second-order valence-electron chi connectivity index (χ2n) is 6.50. The standard InChI is InChI=1S/C24H28N2O2S2.C2H6/c1-6-25-20-15-18(27-4)11-13-22(20)29-17(3)9-8-10-24-26(7-2)21-16-19(28-5)12-14-23(21)30-24;1-2/h8-16,25H,3,6-7H2,1-2,4-5H3;1-2H3/b9-8+,24-10+;. The molecule has 0 fully saturated rings. The molecule has 0 saturated carbocycles. The molecule has 0 saturated heterocycles. The van der Waals surface area contributed by atoms with Gasteiger partial charge >= 0.3 is 0 Å². The second kappa shape index (κ2) is 13.2. The van der Waals surface area contributed by atoms with E-state index in [0.717, 1.165) is 40.1 Å². The summed E-state index contributed by atoms with van der Waals surface area (Å²) in [6, 6.07) is 12.3. The van der Waals surface area contributed by atoms with E-state index in [2.05, 4.69) is 67.1 Å². The highest BCUT2D eigenvalue weighted by Crippen LogP contribution is 2.47. The zero-order valence-corrected chi connectivity index (χ0v) is 21.5. The molecule has 32 heavy (non-hydrogen) atoms. The van der Waals surface area contributed by atoms with Gasteiger partial charge in [-0.25, -0.2) is 0 Å². The van der Waals surface area contributed by atoms with Crippen LogP contribution in [0.25, 0.3) is 0 Å². The first-order valence-corrected chi connectivity index (χ1v) is 12.5. The van der Waals surface area contributed by atoms with E-state index in [1.165, 1.54) is 15.6 Å². The van der Waals surface area contributed by atoms with Gasteiger partial charge in [0.15, 0.2) is 0 Å². The first-order valence-electron chi connectivity index (χ1n) is 10.9. The molecule has 1 aliphatic rings. The van der Waals surface area contributed by atoms with Crippen LogP contribution < -0.4 is 19.7 Å². The van der Waals surface area contributed by atoms with E-state index in [4.69, 9.17) is 9.47 Å². The normalized spacial score (nSPS) is 13.6. The highest BCUT2D eigenvalue weighted by Gasteiger charge is 2.23. The Morgan fingerprint density at radius 3 is 2.44 bits per heavy atom. The summed E-state index contributed by atoms with van der Waals surface area (Å²) in [6.07, 6.45) is 6.26. The van der Waals surface area contributed by atoms with Gasteiger partial charge in [-0.3, -0.25) is 0 Å². The van der Waals surface area contributed by atoms with Gasteiger partial charge in [0.25, 0.3) is 0 Å². The molecule has 0 aliphatic carbocycles. The molecule has 1 N–H and O–H groups in total. The summed E-state index contributed by atoms with van der Waals surface area (Å²) in [5.41, 5.74) is 2.26. The fourth-order valence-corrected chi connectivity index (χ4v) is 5.05. The number of ether oxygens (including phenoxy) is 2. The second-order valence-corrected chi connectivity index (χ2v) is 8.74. The maximum Gasteiger partial charge on any atom is 0.121 e. The molecule has 3 rings (SSSR count). The van der Waals surface area contributed by atoms with E-state index >= 15 is 0 Å². The Balaban J connectivity index is 0.00000176. The maximum absolute atomic E-state index is 5.38. The number of hydrogen-bond donors (Lipinski definition) is 1. The van der Waals surface area contributed by atoms with Crippen molar-refractivity contribution in [3.63, 3.8) is 0 Å². The summed E-state index contributed by atoms with van der Waals surface area (Å²) in [6.45, 7) is 14.2. The fourth-order valence-electron chi connectivity index (χ4n) is 3.12. The molecule has 1 heterocycles. The molecule has 0 amide bonds. The molecule has 0 atom stereocenters. The number of hydrogen-bond acceptors (Lipinski definition) is 6. The molecule has 0 spiro atoms. The van der Waals surface area contributed by atoms with E-state index in [1.54, 1.807) is 37.7 Å². The minimum Gasteiger partial charge on any atom is -0.497 e. The van der Waals surface area contributed by atoms with Crippen LogP contribution in [0.4, 0.5) is 11.4 Å². The van der Waals surface area contributed by atoms with Crippen molar-refractivity contribution in [2.24, 2.45) is 0 Å². The summed E-state index contributed by atoms with van der Waals surface area (Å²) in [4.78, 5) is 5.65. The number of fused-ring (bicyclic) bond motifs is 1. The topological polar surface area (TPSA) is 33.7 Å². The quantitative estimate of drug-likeness (QED) is 0.297. The van der Waals surface area contributed by atoms with E-state index < -0.39 is 0 Å². The smallest absolute Gasteiger partial charge is 0.121 e. The number of allylic oxidation sites excluding steroid dienone is 3. The van der Waals surface area contributed by atoms with Crippen LogP contribution in [0.3, 0.4) is 0 Å². The number of methoxy groups -OCH3 is 2. The molecule has 0 aromatic heterocycles. The molecular weight excluding hydrogens is 436 g/mol. The van der Waals surface area contributed by atoms with Gasteiger partial charge < -0.3 is 19.7 Å². The van der Waals surface area contributed by atoms with Gasteiger partial charge in [0.05, 0.1) is 30.6 Å². The predicted octanol–water partition coefficient (Wildman–Crippen LogP) is 7.80. The van der Waals surface area contributed by atoms with Gasteiger partial charge in [0.1, 0.15) is 11.5 Å². The number of nitrogens with zero attached hydrogens (tertiary/aromatic N) is 1. The lowest BCUT2D eigenvalue weighted by molar-refractivity contribution is 0.414. The van der Waals surface area contributed by atoms with Crippen molar-refractivity contribution >= 4 is 34.9 Å². The third kappa shape index (κ3) is 6.53. The van der Waals surface area contributed by atoms with Gasteiger partial charge in [0.2, 0.25) is 0 Å². The molecule has 0 unspecified atom stereocenters. The van der Waals surface area contributed by atoms with E-state index in [0.29, 0.717) is 0 Å². The van der Waals surface area contributed by atoms with Crippen molar-refractivity contribution in [2.45, 2.75) is 37.5 Å². The molecule has 1 aliphatic heterocycles. The lowest BCUT2D eigenvalue weighted by Crippen LogP contribution is -2.16. The SMILES string of the molecule is C=C(/C=C/C=C1/Sc2ccc(OC)cc2N1CC)Sc1ccc(OC)cc1NCC.CC. The molecule has 6 heteroatoms. The van der Waals surface area contributed by atoms with Crippen LogP contribution in [0.5, 0.6) is 11.5 Å². The lowest BCUT2D eigenvalue weighted by atomic mass is 10.2. The van der Waals surface area contributed by atoms with Gasteiger partial charge in [-0.05, 0) is 50.3 Å². The molecule has 2 aromatic carbocycles. The Morgan fingerprint density at radius 2 is 1.78 bits per heavy atom. The Labute approximate surface area is 201 Å².